The number of sulfonamides is 1. The monoisotopic (exact) mass is 474 g/mol. The molecule has 0 saturated carbocycles. The van der Waals surface area contributed by atoms with Crippen LogP contribution in [0, 0.1) is 19.8 Å². The molecule has 8 nitrogen and oxygen atoms in total. The molecule has 1 atom stereocenters. The molecule has 0 aliphatic carbocycles. The minimum Gasteiger partial charge on any atom is -0.495 e. The molecule has 2 aromatic carbocycles. The summed E-state index contributed by atoms with van der Waals surface area (Å²) in [4.78, 5) is 25.4. The van der Waals surface area contributed by atoms with E-state index in [1.165, 1.54) is 18.3 Å². The van der Waals surface area contributed by atoms with E-state index in [4.69, 9.17) is 9.47 Å². The molecule has 0 spiro atoms. The lowest BCUT2D eigenvalue weighted by molar-refractivity contribution is -0.158. The third kappa shape index (κ3) is 5.91. The fraction of sp³-hybridized carbons (Fsp3) is 0.417. The number of carbonyl (C=O) groups is 2. The third-order valence-corrected chi connectivity index (χ3v) is 7.63. The predicted octanol–water partition coefficient (Wildman–Crippen LogP) is 3.28. The van der Waals surface area contributed by atoms with Gasteiger partial charge >= 0.3 is 5.97 Å². The summed E-state index contributed by atoms with van der Waals surface area (Å²) in [6.07, 6.45) is -0.328. The second-order valence-electron chi connectivity index (χ2n) is 8.26. The Bertz CT molecular complexity index is 1110. The molecule has 2 aromatic rings. The van der Waals surface area contributed by atoms with Crippen LogP contribution in [0.25, 0.3) is 0 Å². The van der Waals surface area contributed by atoms with Crippen LogP contribution in [0.4, 0.5) is 5.69 Å². The quantitative estimate of drug-likeness (QED) is 0.618. The van der Waals surface area contributed by atoms with Crippen molar-refractivity contribution in [1.82, 2.24) is 4.31 Å². The van der Waals surface area contributed by atoms with Crippen molar-refractivity contribution in [2.24, 2.45) is 5.92 Å². The van der Waals surface area contributed by atoms with E-state index in [2.05, 4.69) is 5.32 Å². The zero-order valence-corrected chi connectivity index (χ0v) is 20.1. The summed E-state index contributed by atoms with van der Waals surface area (Å²) in [5, 5.41) is 2.73. The molecule has 3 rings (SSSR count). The van der Waals surface area contributed by atoms with Crippen molar-refractivity contribution in [3.05, 3.63) is 53.6 Å². The molecule has 1 aliphatic rings. The molecule has 1 saturated heterocycles. The number of methoxy groups -OCH3 is 1. The van der Waals surface area contributed by atoms with Gasteiger partial charge in [0.15, 0.2) is 6.10 Å². The average Bonchev–Trinajstić information content (AvgIpc) is 2.79. The minimum atomic E-state index is -3.60. The summed E-state index contributed by atoms with van der Waals surface area (Å²) < 4.78 is 37.7. The Morgan fingerprint density at radius 2 is 1.64 bits per heavy atom. The molecular formula is C24H30N2O6S. The average molecular weight is 475 g/mol. The zero-order chi connectivity index (χ0) is 24.2. The summed E-state index contributed by atoms with van der Waals surface area (Å²) in [6.45, 7) is 5.73. The Balaban J connectivity index is 1.55. The number of carbonyl (C=O) groups excluding carboxylic acids is 2. The smallest absolute Gasteiger partial charge is 0.309 e. The Morgan fingerprint density at radius 1 is 1.03 bits per heavy atom. The van der Waals surface area contributed by atoms with Crippen LogP contribution in [0.2, 0.25) is 0 Å². The van der Waals surface area contributed by atoms with Gasteiger partial charge in [-0.15, -0.1) is 0 Å². The van der Waals surface area contributed by atoms with Gasteiger partial charge in [-0.2, -0.15) is 4.31 Å². The Morgan fingerprint density at radius 3 is 2.24 bits per heavy atom. The molecule has 0 radical (unpaired) electrons. The van der Waals surface area contributed by atoms with E-state index in [1.807, 2.05) is 19.9 Å². The fourth-order valence-electron chi connectivity index (χ4n) is 3.67. The molecule has 1 amide bonds. The molecule has 0 aromatic heterocycles. The molecule has 33 heavy (non-hydrogen) atoms. The van der Waals surface area contributed by atoms with Crippen molar-refractivity contribution in [3.8, 4) is 5.75 Å². The van der Waals surface area contributed by atoms with Crippen LogP contribution >= 0.6 is 0 Å². The molecule has 1 unspecified atom stereocenters. The van der Waals surface area contributed by atoms with E-state index in [1.54, 1.807) is 36.4 Å². The maximum absolute atomic E-state index is 12.8. The normalized spacial score (nSPS) is 16.1. The number of nitrogens with zero attached hydrogens (tertiary/aromatic N) is 1. The van der Waals surface area contributed by atoms with Gasteiger partial charge in [0.25, 0.3) is 5.91 Å². The summed E-state index contributed by atoms with van der Waals surface area (Å²) in [5.41, 5.74) is 2.43. The van der Waals surface area contributed by atoms with Gasteiger partial charge in [0.05, 0.1) is 23.6 Å². The molecule has 9 heteroatoms. The number of nitrogens with one attached hydrogen (secondary N) is 1. The van der Waals surface area contributed by atoms with E-state index in [-0.39, 0.29) is 18.0 Å². The van der Waals surface area contributed by atoms with Gasteiger partial charge in [0.2, 0.25) is 10.0 Å². The molecule has 178 valence electrons. The summed E-state index contributed by atoms with van der Waals surface area (Å²) >= 11 is 0. The SMILES string of the molecule is COc1ccc(C)cc1NC(=O)C(C)OC(=O)C1CCN(S(=O)(=O)c2ccc(C)cc2)CC1. The second kappa shape index (κ2) is 10.4. The molecule has 1 N–H and O–H groups in total. The van der Waals surface area contributed by atoms with E-state index < -0.39 is 33.9 Å². The summed E-state index contributed by atoms with van der Waals surface area (Å²) in [6, 6.07) is 12.1. The first-order valence-electron chi connectivity index (χ1n) is 10.8. The van der Waals surface area contributed by atoms with Gasteiger partial charge in [-0.3, -0.25) is 9.59 Å². The van der Waals surface area contributed by atoms with Crippen LogP contribution in [-0.2, 0) is 24.3 Å². The van der Waals surface area contributed by atoms with Crippen LogP contribution in [-0.4, -0.2) is 50.9 Å². The number of piperidine rings is 1. The maximum Gasteiger partial charge on any atom is 0.309 e. The van der Waals surface area contributed by atoms with Gasteiger partial charge in [-0.05, 0) is 63.4 Å². The molecular weight excluding hydrogens is 444 g/mol. The first-order valence-corrected chi connectivity index (χ1v) is 12.3. The highest BCUT2D eigenvalue weighted by molar-refractivity contribution is 7.89. The van der Waals surface area contributed by atoms with Gasteiger partial charge in [0, 0.05) is 13.1 Å². The van der Waals surface area contributed by atoms with Crippen LogP contribution in [0.1, 0.15) is 30.9 Å². The number of aryl methyl sites for hydroxylation is 2. The Labute approximate surface area is 194 Å². The maximum atomic E-state index is 12.8. The summed E-state index contributed by atoms with van der Waals surface area (Å²) in [7, 11) is -2.09. The minimum absolute atomic E-state index is 0.219. The number of anilines is 1. The first kappa shape index (κ1) is 24.7. The number of amides is 1. The van der Waals surface area contributed by atoms with E-state index in [0.29, 0.717) is 24.3 Å². The number of benzene rings is 2. The van der Waals surface area contributed by atoms with Crippen molar-refractivity contribution in [2.75, 3.05) is 25.5 Å². The van der Waals surface area contributed by atoms with Crippen LogP contribution in [0.5, 0.6) is 5.75 Å². The topological polar surface area (TPSA) is 102 Å². The highest BCUT2D eigenvalue weighted by Crippen LogP contribution is 2.27. The molecule has 1 heterocycles. The van der Waals surface area contributed by atoms with Crippen molar-refractivity contribution in [3.63, 3.8) is 0 Å². The highest BCUT2D eigenvalue weighted by atomic mass is 32.2. The summed E-state index contributed by atoms with van der Waals surface area (Å²) in [5.74, 6) is -0.916. The lowest BCUT2D eigenvalue weighted by Gasteiger charge is -2.30. The van der Waals surface area contributed by atoms with Crippen LogP contribution in [0.15, 0.2) is 47.4 Å². The molecule has 1 fully saturated rings. The van der Waals surface area contributed by atoms with E-state index >= 15 is 0 Å². The van der Waals surface area contributed by atoms with E-state index in [0.717, 1.165) is 11.1 Å². The van der Waals surface area contributed by atoms with Crippen molar-refractivity contribution in [2.45, 2.75) is 44.6 Å². The second-order valence-corrected chi connectivity index (χ2v) is 10.2. The third-order valence-electron chi connectivity index (χ3n) is 5.72. The number of esters is 1. The predicted molar refractivity (Wildman–Crippen MR) is 125 cm³/mol. The number of hydrogen-bond donors (Lipinski definition) is 1. The van der Waals surface area contributed by atoms with Gasteiger partial charge < -0.3 is 14.8 Å². The lowest BCUT2D eigenvalue weighted by atomic mass is 9.98. The van der Waals surface area contributed by atoms with Crippen molar-refractivity contribution in [1.29, 1.82) is 0 Å². The molecule has 1 aliphatic heterocycles. The zero-order valence-electron chi connectivity index (χ0n) is 19.3. The van der Waals surface area contributed by atoms with Gasteiger partial charge in [0.1, 0.15) is 5.75 Å². The number of hydrogen-bond acceptors (Lipinski definition) is 6. The van der Waals surface area contributed by atoms with Gasteiger partial charge in [-0.25, -0.2) is 8.42 Å². The van der Waals surface area contributed by atoms with E-state index in [9.17, 15) is 18.0 Å². The van der Waals surface area contributed by atoms with Gasteiger partial charge in [-0.1, -0.05) is 23.8 Å². The largest absolute Gasteiger partial charge is 0.495 e. The Hall–Kier alpha value is -2.91. The number of rotatable bonds is 7. The van der Waals surface area contributed by atoms with Crippen LogP contribution < -0.4 is 10.1 Å². The Kier molecular flexibility index (Phi) is 7.76. The number of ether oxygens (including phenoxy) is 2. The first-order chi connectivity index (χ1) is 15.6. The molecule has 0 bridgehead atoms. The van der Waals surface area contributed by atoms with Crippen LogP contribution in [0.3, 0.4) is 0 Å². The van der Waals surface area contributed by atoms with Crippen molar-refractivity contribution < 1.29 is 27.5 Å². The van der Waals surface area contributed by atoms with Crippen molar-refractivity contribution >= 4 is 27.6 Å². The lowest BCUT2D eigenvalue weighted by Crippen LogP contribution is -2.41. The fourth-order valence-corrected chi connectivity index (χ4v) is 5.14. The highest BCUT2D eigenvalue weighted by Gasteiger charge is 2.34. The standard InChI is InChI=1S/C24H30N2O6S/c1-16-5-8-20(9-6-16)33(29,30)26-13-11-19(12-14-26)24(28)32-18(3)23(27)25-21-15-17(2)7-10-22(21)31-4/h5-10,15,18-19H,11-14H2,1-4H3,(H,25,27).